The van der Waals surface area contributed by atoms with Gasteiger partial charge in [-0.05, 0) is 24.3 Å². The third kappa shape index (κ3) is 4.17. The Morgan fingerprint density at radius 3 is 2.77 bits per heavy atom. The predicted octanol–water partition coefficient (Wildman–Crippen LogP) is 2.86. The van der Waals surface area contributed by atoms with E-state index in [4.69, 9.17) is 9.47 Å². The molecule has 0 saturated heterocycles. The molecule has 9 heteroatoms. The molecule has 4 aromatic rings. The van der Waals surface area contributed by atoms with Gasteiger partial charge >= 0.3 is 0 Å². The standard InChI is InChI=1S/C22H19N5O3S/c28-20(23-10-16-12-29-18-8-4-5-9-19(18)30-16)13-31-22-17-11-26-27(21(17)24-14-25-22)15-6-2-1-3-7-15/h1-9,11,14,16H,10,12-13H2,(H,23,28)/t16-/m1/s1. The van der Waals surface area contributed by atoms with Crippen LogP contribution in [0.2, 0.25) is 0 Å². The second-order valence-corrected chi connectivity index (χ2v) is 7.86. The number of benzene rings is 2. The molecule has 2 aromatic carbocycles. The fourth-order valence-corrected chi connectivity index (χ4v) is 4.06. The topological polar surface area (TPSA) is 91.2 Å². The Kier molecular flexibility index (Phi) is 5.40. The Morgan fingerprint density at radius 1 is 1.10 bits per heavy atom. The molecule has 5 rings (SSSR count). The van der Waals surface area contributed by atoms with Crippen molar-refractivity contribution in [1.82, 2.24) is 25.1 Å². The van der Waals surface area contributed by atoms with Crippen LogP contribution in [0.3, 0.4) is 0 Å². The number of amides is 1. The molecule has 2 aromatic heterocycles. The van der Waals surface area contributed by atoms with Crippen molar-refractivity contribution in [1.29, 1.82) is 0 Å². The van der Waals surface area contributed by atoms with Crippen LogP contribution in [0.5, 0.6) is 11.5 Å². The zero-order chi connectivity index (χ0) is 21.0. The molecule has 0 saturated carbocycles. The van der Waals surface area contributed by atoms with Crippen molar-refractivity contribution >= 4 is 28.7 Å². The van der Waals surface area contributed by atoms with Crippen molar-refractivity contribution in [3.8, 4) is 17.2 Å². The van der Waals surface area contributed by atoms with Gasteiger partial charge in [-0.15, -0.1) is 0 Å². The molecule has 0 bridgehead atoms. The highest BCUT2D eigenvalue weighted by molar-refractivity contribution is 8.00. The average molecular weight is 433 g/mol. The fourth-order valence-electron chi connectivity index (χ4n) is 3.27. The number of hydrogen-bond acceptors (Lipinski definition) is 7. The van der Waals surface area contributed by atoms with E-state index in [0.29, 0.717) is 29.6 Å². The monoisotopic (exact) mass is 433 g/mol. The molecule has 1 aliphatic rings. The highest BCUT2D eigenvalue weighted by Crippen LogP contribution is 2.30. The predicted molar refractivity (Wildman–Crippen MR) is 117 cm³/mol. The van der Waals surface area contributed by atoms with Gasteiger partial charge in [0.2, 0.25) is 5.91 Å². The molecule has 31 heavy (non-hydrogen) atoms. The second kappa shape index (κ2) is 8.65. The molecule has 3 heterocycles. The maximum atomic E-state index is 12.4. The first-order valence-electron chi connectivity index (χ1n) is 9.80. The Morgan fingerprint density at radius 2 is 1.90 bits per heavy atom. The van der Waals surface area contributed by atoms with Crippen molar-refractivity contribution < 1.29 is 14.3 Å². The highest BCUT2D eigenvalue weighted by Gasteiger charge is 2.21. The summed E-state index contributed by atoms with van der Waals surface area (Å²) in [5, 5.41) is 8.87. The number of thioether (sulfide) groups is 1. The molecule has 1 atom stereocenters. The van der Waals surface area contributed by atoms with E-state index in [1.54, 1.807) is 10.9 Å². The molecule has 1 N–H and O–H groups in total. The van der Waals surface area contributed by atoms with Crippen molar-refractivity contribution in [3.05, 3.63) is 67.1 Å². The minimum atomic E-state index is -0.223. The van der Waals surface area contributed by atoms with Gasteiger partial charge in [-0.3, -0.25) is 4.79 Å². The van der Waals surface area contributed by atoms with Crippen molar-refractivity contribution in [2.45, 2.75) is 11.1 Å². The van der Waals surface area contributed by atoms with Crippen LogP contribution in [-0.4, -0.2) is 50.7 Å². The summed E-state index contributed by atoms with van der Waals surface area (Å²) in [4.78, 5) is 21.1. The van der Waals surface area contributed by atoms with Crippen molar-refractivity contribution in [3.63, 3.8) is 0 Å². The number of carbonyl (C=O) groups excluding carboxylic acids is 1. The number of nitrogens with one attached hydrogen (secondary N) is 1. The number of nitrogens with zero attached hydrogens (tertiary/aromatic N) is 4. The normalized spacial score (nSPS) is 15.0. The smallest absolute Gasteiger partial charge is 0.230 e. The maximum absolute atomic E-state index is 12.4. The molecule has 0 fully saturated rings. The van der Waals surface area contributed by atoms with Crippen LogP contribution in [-0.2, 0) is 4.79 Å². The summed E-state index contributed by atoms with van der Waals surface area (Å²) in [5.74, 6) is 1.55. The number of carbonyl (C=O) groups is 1. The zero-order valence-corrected chi connectivity index (χ0v) is 17.3. The van der Waals surface area contributed by atoms with Gasteiger partial charge in [0.15, 0.2) is 17.1 Å². The van der Waals surface area contributed by atoms with Crippen LogP contribution < -0.4 is 14.8 Å². The highest BCUT2D eigenvalue weighted by atomic mass is 32.2. The van der Waals surface area contributed by atoms with Crippen molar-refractivity contribution in [2.75, 3.05) is 18.9 Å². The SMILES string of the molecule is O=C(CSc1ncnc2c1cnn2-c1ccccc1)NC[C@@H]1COc2ccccc2O1. The Hall–Kier alpha value is -3.59. The first kappa shape index (κ1) is 19.4. The molecule has 0 spiro atoms. The van der Waals surface area contributed by atoms with E-state index in [-0.39, 0.29) is 17.8 Å². The Labute approximate surface area is 182 Å². The number of rotatable bonds is 6. The molecule has 156 valence electrons. The summed E-state index contributed by atoms with van der Waals surface area (Å²) in [6, 6.07) is 17.3. The van der Waals surface area contributed by atoms with Crippen molar-refractivity contribution in [2.24, 2.45) is 0 Å². The lowest BCUT2D eigenvalue weighted by atomic mass is 10.2. The van der Waals surface area contributed by atoms with E-state index in [1.165, 1.54) is 18.1 Å². The van der Waals surface area contributed by atoms with Crippen LogP contribution in [0, 0.1) is 0 Å². The zero-order valence-electron chi connectivity index (χ0n) is 16.5. The number of fused-ring (bicyclic) bond motifs is 2. The molecular formula is C22H19N5O3S. The minimum absolute atomic E-state index is 0.102. The van der Waals surface area contributed by atoms with E-state index in [2.05, 4.69) is 20.4 Å². The van der Waals surface area contributed by atoms with Gasteiger partial charge in [-0.2, -0.15) is 5.10 Å². The summed E-state index contributed by atoms with van der Waals surface area (Å²) < 4.78 is 13.3. The van der Waals surface area contributed by atoms with E-state index in [9.17, 15) is 4.79 Å². The Balaban J connectivity index is 1.19. The third-order valence-electron chi connectivity index (χ3n) is 4.76. The lowest BCUT2D eigenvalue weighted by molar-refractivity contribution is -0.119. The van der Waals surface area contributed by atoms with Gasteiger partial charge in [0.1, 0.15) is 24.1 Å². The van der Waals surface area contributed by atoms with Crippen LogP contribution >= 0.6 is 11.8 Å². The Bertz CT molecular complexity index is 1210. The van der Waals surface area contributed by atoms with Crippen LogP contribution in [0.1, 0.15) is 0 Å². The number of ether oxygens (including phenoxy) is 2. The first-order chi connectivity index (χ1) is 15.3. The number of para-hydroxylation sites is 3. The van der Waals surface area contributed by atoms with E-state index in [1.807, 2.05) is 54.6 Å². The first-order valence-corrected chi connectivity index (χ1v) is 10.8. The summed E-state index contributed by atoms with van der Waals surface area (Å²) in [7, 11) is 0. The van der Waals surface area contributed by atoms with E-state index >= 15 is 0 Å². The summed E-state index contributed by atoms with van der Waals surface area (Å²) >= 11 is 1.35. The fraction of sp³-hybridized carbons (Fsp3) is 0.182. The average Bonchev–Trinajstić information content (AvgIpc) is 3.26. The van der Waals surface area contributed by atoms with Gasteiger partial charge < -0.3 is 14.8 Å². The molecule has 0 unspecified atom stereocenters. The van der Waals surface area contributed by atoms with Gasteiger partial charge in [0.25, 0.3) is 0 Å². The molecule has 0 radical (unpaired) electrons. The van der Waals surface area contributed by atoms with Crippen LogP contribution in [0.25, 0.3) is 16.7 Å². The molecule has 0 aliphatic carbocycles. The minimum Gasteiger partial charge on any atom is -0.486 e. The van der Waals surface area contributed by atoms with Crippen LogP contribution in [0.15, 0.2) is 72.1 Å². The van der Waals surface area contributed by atoms with Crippen LogP contribution in [0.4, 0.5) is 0 Å². The summed E-state index contributed by atoms with van der Waals surface area (Å²) in [6.07, 6.45) is 3.00. The van der Waals surface area contributed by atoms with Gasteiger partial charge in [0, 0.05) is 0 Å². The molecule has 1 amide bonds. The second-order valence-electron chi connectivity index (χ2n) is 6.90. The quantitative estimate of drug-likeness (QED) is 0.369. The van der Waals surface area contributed by atoms with Gasteiger partial charge in [0.05, 0.1) is 29.6 Å². The van der Waals surface area contributed by atoms with E-state index < -0.39 is 0 Å². The van der Waals surface area contributed by atoms with Gasteiger partial charge in [-0.1, -0.05) is 42.1 Å². The number of hydrogen-bond donors (Lipinski definition) is 1. The number of aromatic nitrogens is 4. The third-order valence-corrected chi connectivity index (χ3v) is 5.77. The largest absolute Gasteiger partial charge is 0.486 e. The lowest BCUT2D eigenvalue weighted by Gasteiger charge is -2.26. The molecular weight excluding hydrogens is 414 g/mol. The van der Waals surface area contributed by atoms with Gasteiger partial charge in [-0.25, -0.2) is 14.6 Å². The maximum Gasteiger partial charge on any atom is 0.230 e. The van der Waals surface area contributed by atoms with E-state index in [0.717, 1.165) is 16.8 Å². The summed E-state index contributed by atoms with van der Waals surface area (Å²) in [5.41, 5.74) is 1.62. The summed E-state index contributed by atoms with van der Waals surface area (Å²) in [6.45, 7) is 0.772. The molecule has 8 nitrogen and oxygen atoms in total. The molecule has 1 aliphatic heterocycles. The lowest BCUT2D eigenvalue weighted by Crippen LogP contribution is -2.41.